The van der Waals surface area contributed by atoms with Crippen molar-refractivity contribution in [1.29, 1.82) is 0 Å². The van der Waals surface area contributed by atoms with Crippen molar-refractivity contribution in [1.82, 2.24) is 19.7 Å². The van der Waals surface area contributed by atoms with Crippen molar-refractivity contribution < 1.29 is 18.0 Å². The zero-order valence-electron chi connectivity index (χ0n) is 16.5. The Morgan fingerprint density at radius 2 is 1.93 bits per heavy atom. The Hall–Kier alpha value is -2.84. The number of aryl methyl sites for hydroxylation is 1. The summed E-state index contributed by atoms with van der Waals surface area (Å²) in [4.78, 5) is 24.3. The monoisotopic (exact) mass is 410 g/mol. The van der Waals surface area contributed by atoms with Gasteiger partial charge in [0.05, 0.1) is 11.3 Å². The van der Waals surface area contributed by atoms with Crippen LogP contribution in [0.5, 0.6) is 0 Å². The highest BCUT2D eigenvalue weighted by Gasteiger charge is 2.30. The Labute approximate surface area is 167 Å². The van der Waals surface area contributed by atoms with Crippen molar-refractivity contribution in [2.75, 3.05) is 6.54 Å². The minimum absolute atomic E-state index is 0.0381. The Balaban J connectivity index is 2.22. The minimum Gasteiger partial charge on any atom is -0.356 e. The van der Waals surface area contributed by atoms with E-state index in [1.807, 2.05) is 26.0 Å². The fraction of sp³-hybridized carbons (Fsp3) is 0.450. The van der Waals surface area contributed by atoms with Crippen LogP contribution in [-0.2, 0) is 23.9 Å². The highest BCUT2D eigenvalue weighted by molar-refractivity contribution is 5.75. The molecule has 0 atom stereocenters. The number of rotatable bonds is 9. The molecule has 1 amide bonds. The van der Waals surface area contributed by atoms with Gasteiger partial charge in [-0.05, 0) is 44.0 Å². The molecule has 0 aliphatic rings. The van der Waals surface area contributed by atoms with Gasteiger partial charge in [0, 0.05) is 25.9 Å². The van der Waals surface area contributed by atoms with Gasteiger partial charge in [-0.2, -0.15) is 18.3 Å². The lowest BCUT2D eigenvalue weighted by Gasteiger charge is -2.08. The van der Waals surface area contributed by atoms with Gasteiger partial charge in [-0.3, -0.25) is 4.79 Å². The number of hydrogen-bond acceptors (Lipinski definition) is 3. The number of carbonyl (C=O) groups is 1. The highest BCUT2D eigenvalue weighted by Crippen LogP contribution is 2.29. The number of alkyl halides is 3. The summed E-state index contributed by atoms with van der Waals surface area (Å²) in [5.74, 6) is 0.395. The van der Waals surface area contributed by atoms with Crippen LogP contribution in [0.3, 0.4) is 0 Å². The summed E-state index contributed by atoms with van der Waals surface area (Å²) >= 11 is 0. The van der Waals surface area contributed by atoms with E-state index in [4.69, 9.17) is 0 Å². The average molecular weight is 410 g/mol. The van der Waals surface area contributed by atoms with Crippen LogP contribution < -0.4 is 11.0 Å². The van der Waals surface area contributed by atoms with E-state index < -0.39 is 17.4 Å². The Bertz CT molecular complexity index is 896. The maximum absolute atomic E-state index is 12.8. The van der Waals surface area contributed by atoms with Gasteiger partial charge < -0.3 is 5.32 Å². The van der Waals surface area contributed by atoms with Gasteiger partial charge in [0.25, 0.3) is 0 Å². The van der Waals surface area contributed by atoms with Crippen LogP contribution >= 0.6 is 0 Å². The number of hydrogen-bond donors (Lipinski definition) is 1. The maximum atomic E-state index is 12.8. The van der Waals surface area contributed by atoms with Gasteiger partial charge >= 0.3 is 11.9 Å². The fourth-order valence-corrected chi connectivity index (χ4v) is 2.78. The molecule has 1 N–H and O–H groups in total. The third-order valence-electron chi connectivity index (χ3n) is 4.24. The lowest BCUT2D eigenvalue weighted by Crippen LogP contribution is -2.28. The van der Waals surface area contributed by atoms with Gasteiger partial charge in [-0.25, -0.2) is 14.0 Å². The number of aromatic nitrogens is 3. The van der Waals surface area contributed by atoms with Crippen LogP contribution in [0.15, 0.2) is 41.2 Å². The van der Waals surface area contributed by atoms with Crippen molar-refractivity contribution in [2.24, 2.45) is 0 Å². The standard InChI is InChI=1S/C20H25F3N4O2/c1-3-5-8-17-25-26(14-6-13-24-18(28)7-4-2)19(29)27(17)16-11-9-15(10-12-16)20(21,22)23/h3,5,9-12H,4,6-8,13-14H2,1-2H3,(H,24,28)/b5-3-. The summed E-state index contributed by atoms with van der Waals surface area (Å²) in [6.07, 6.45) is 1.29. The van der Waals surface area contributed by atoms with Crippen LogP contribution in [0.25, 0.3) is 5.69 Å². The van der Waals surface area contributed by atoms with Crippen molar-refractivity contribution in [2.45, 2.75) is 52.3 Å². The van der Waals surface area contributed by atoms with E-state index >= 15 is 0 Å². The number of amides is 1. The molecule has 0 radical (unpaired) electrons. The van der Waals surface area contributed by atoms with Crippen LogP contribution in [-0.4, -0.2) is 26.8 Å². The van der Waals surface area contributed by atoms with Gasteiger partial charge in [-0.1, -0.05) is 19.1 Å². The molecular formula is C20H25F3N4O2. The van der Waals surface area contributed by atoms with E-state index in [-0.39, 0.29) is 5.91 Å². The molecule has 0 fully saturated rings. The quantitative estimate of drug-likeness (QED) is 0.508. The third kappa shape index (κ3) is 6.07. The van der Waals surface area contributed by atoms with E-state index in [9.17, 15) is 22.8 Å². The first-order valence-corrected chi connectivity index (χ1v) is 9.52. The highest BCUT2D eigenvalue weighted by atomic mass is 19.4. The lowest BCUT2D eigenvalue weighted by molar-refractivity contribution is -0.137. The van der Waals surface area contributed by atoms with Gasteiger partial charge in [0.1, 0.15) is 5.82 Å². The van der Waals surface area contributed by atoms with Crippen molar-refractivity contribution in [3.8, 4) is 5.69 Å². The molecule has 9 heteroatoms. The predicted octanol–water partition coefficient (Wildman–Crippen LogP) is 3.48. The summed E-state index contributed by atoms with van der Waals surface area (Å²) in [5, 5.41) is 7.10. The SMILES string of the molecule is C/C=C\Cc1nn(CCCNC(=O)CCC)c(=O)n1-c1ccc(C(F)(F)F)cc1. The molecule has 0 unspecified atom stereocenters. The molecule has 0 bridgehead atoms. The summed E-state index contributed by atoms with van der Waals surface area (Å²) in [6.45, 7) is 4.46. The number of allylic oxidation sites excluding steroid dienone is 2. The summed E-state index contributed by atoms with van der Waals surface area (Å²) < 4.78 is 41.0. The molecule has 0 spiro atoms. The molecule has 0 saturated heterocycles. The lowest BCUT2D eigenvalue weighted by atomic mass is 10.2. The van der Waals surface area contributed by atoms with Crippen LogP contribution in [0, 0.1) is 0 Å². The second-order valence-corrected chi connectivity index (χ2v) is 6.53. The minimum atomic E-state index is -4.44. The van der Waals surface area contributed by atoms with E-state index in [0.717, 1.165) is 18.6 Å². The summed E-state index contributed by atoms with van der Waals surface area (Å²) in [5.41, 5.74) is -0.881. The largest absolute Gasteiger partial charge is 0.416 e. The van der Waals surface area contributed by atoms with E-state index in [1.165, 1.54) is 21.4 Å². The van der Waals surface area contributed by atoms with Gasteiger partial charge in [0.15, 0.2) is 0 Å². The molecule has 158 valence electrons. The molecule has 2 aromatic rings. The van der Waals surface area contributed by atoms with E-state index in [0.29, 0.717) is 43.9 Å². The molecule has 0 aliphatic carbocycles. The zero-order valence-corrected chi connectivity index (χ0v) is 16.5. The molecule has 1 aromatic carbocycles. The van der Waals surface area contributed by atoms with Gasteiger partial charge in [0.2, 0.25) is 5.91 Å². The smallest absolute Gasteiger partial charge is 0.356 e. The molecule has 2 rings (SSSR count). The Kier molecular flexibility index (Phi) is 7.81. The first-order valence-electron chi connectivity index (χ1n) is 9.52. The molecule has 0 saturated carbocycles. The fourth-order valence-electron chi connectivity index (χ4n) is 2.78. The topological polar surface area (TPSA) is 68.9 Å². The predicted molar refractivity (Wildman–Crippen MR) is 104 cm³/mol. The van der Waals surface area contributed by atoms with Crippen molar-refractivity contribution >= 4 is 5.91 Å². The second-order valence-electron chi connectivity index (χ2n) is 6.53. The maximum Gasteiger partial charge on any atom is 0.416 e. The zero-order chi connectivity index (χ0) is 21.4. The van der Waals surface area contributed by atoms with Crippen LogP contribution in [0.4, 0.5) is 13.2 Å². The van der Waals surface area contributed by atoms with Crippen molar-refractivity contribution in [3.63, 3.8) is 0 Å². The number of carbonyl (C=O) groups excluding carboxylic acids is 1. The number of nitrogens with one attached hydrogen (secondary N) is 1. The number of halogens is 3. The van der Waals surface area contributed by atoms with Crippen LogP contribution in [0.2, 0.25) is 0 Å². The number of nitrogens with zero attached hydrogens (tertiary/aromatic N) is 3. The third-order valence-corrected chi connectivity index (χ3v) is 4.24. The van der Waals surface area contributed by atoms with Crippen molar-refractivity contribution in [3.05, 3.63) is 58.3 Å². The normalized spacial score (nSPS) is 11.9. The average Bonchev–Trinajstić information content (AvgIpc) is 2.98. The molecular weight excluding hydrogens is 385 g/mol. The number of benzene rings is 1. The van der Waals surface area contributed by atoms with Gasteiger partial charge in [-0.15, -0.1) is 0 Å². The Morgan fingerprint density at radius 1 is 1.24 bits per heavy atom. The summed E-state index contributed by atoms with van der Waals surface area (Å²) in [7, 11) is 0. The van der Waals surface area contributed by atoms with Crippen LogP contribution in [0.1, 0.15) is 44.5 Å². The molecule has 0 aliphatic heterocycles. The van der Waals surface area contributed by atoms with E-state index in [2.05, 4.69) is 10.4 Å². The molecule has 1 heterocycles. The summed E-state index contributed by atoms with van der Waals surface area (Å²) in [6, 6.07) is 4.42. The Morgan fingerprint density at radius 3 is 2.52 bits per heavy atom. The first kappa shape index (κ1) is 22.4. The molecule has 29 heavy (non-hydrogen) atoms. The molecule has 6 nitrogen and oxygen atoms in total. The van der Waals surface area contributed by atoms with E-state index in [1.54, 1.807) is 0 Å². The second kappa shape index (κ2) is 10.1. The molecule has 1 aromatic heterocycles. The first-order chi connectivity index (χ1) is 13.8.